The van der Waals surface area contributed by atoms with Crippen LogP contribution in [0.5, 0.6) is 5.75 Å². The van der Waals surface area contributed by atoms with Crippen molar-refractivity contribution in [3.63, 3.8) is 0 Å². The SMILES string of the molecule is COc1ccc2nc(CCCl)n(CCCCSC)c2c1. The fourth-order valence-corrected chi connectivity index (χ4v) is 2.98. The summed E-state index contributed by atoms with van der Waals surface area (Å²) in [4.78, 5) is 4.69. The second-order valence-electron chi connectivity index (χ2n) is 4.67. The topological polar surface area (TPSA) is 27.1 Å². The predicted molar refractivity (Wildman–Crippen MR) is 88.3 cm³/mol. The second kappa shape index (κ2) is 7.79. The molecule has 0 saturated carbocycles. The van der Waals surface area contributed by atoms with Crippen molar-refractivity contribution in [1.82, 2.24) is 9.55 Å². The van der Waals surface area contributed by atoms with E-state index in [9.17, 15) is 0 Å². The standard InChI is InChI=1S/C15H21ClN2OS/c1-19-12-5-6-13-14(11-12)18(9-3-4-10-20-2)15(17-13)7-8-16/h5-6,11H,3-4,7-10H2,1-2H3. The van der Waals surface area contributed by atoms with Crippen molar-refractivity contribution in [2.75, 3.05) is 25.0 Å². The average Bonchev–Trinajstić information content (AvgIpc) is 2.81. The maximum Gasteiger partial charge on any atom is 0.121 e. The van der Waals surface area contributed by atoms with Crippen molar-refractivity contribution >= 4 is 34.4 Å². The summed E-state index contributed by atoms with van der Waals surface area (Å²) in [5.74, 6) is 3.76. The Balaban J connectivity index is 2.28. The Kier molecular flexibility index (Phi) is 6.05. The molecule has 2 aromatic rings. The van der Waals surface area contributed by atoms with Gasteiger partial charge in [-0.15, -0.1) is 11.6 Å². The zero-order chi connectivity index (χ0) is 14.4. The van der Waals surface area contributed by atoms with Gasteiger partial charge in [-0.1, -0.05) is 0 Å². The van der Waals surface area contributed by atoms with Gasteiger partial charge in [-0.3, -0.25) is 0 Å². The maximum atomic E-state index is 5.90. The monoisotopic (exact) mass is 312 g/mol. The summed E-state index contributed by atoms with van der Waals surface area (Å²) >= 11 is 7.79. The Morgan fingerprint density at radius 1 is 1.35 bits per heavy atom. The van der Waals surface area contributed by atoms with Crippen LogP contribution in [0, 0.1) is 0 Å². The number of aromatic nitrogens is 2. The molecule has 3 nitrogen and oxygen atoms in total. The number of hydrogen-bond donors (Lipinski definition) is 0. The van der Waals surface area contributed by atoms with Gasteiger partial charge >= 0.3 is 0 Å². The third-order valence-corrected chi connectivity index (χ3v) is 4.22. The van der Waals surface area contributed by atoms with Gasteiger partial charge in [-0.05, 0) is 37.0 Å². The van der Waals surface area contributed by atoms with E-state index in [1.54, 1.807) is 7.11 Å². The Bertz CT molecular complexity index is 556. The molecule has 0 spiro atoms. The molecule has 0 unspecified atom stereocenters. The zero-order valence-corrected chi connectivity index (χ0v) is 13.6. The smallest absolute Gasteiger partial charge is 0.121 e. The fraction of sp³-hybridized carbons (Fsp3) is 0.533. The summed E-state index contributed by atoms with van der Waals surface area (Å²) in [7, 11) is 1.69. The van der Waals surface area contributed by atoms with Crippen LogP contribution in [0.25, 0.3) is 11.0 Å². The first-order valence-electron chi connectivity index (χ1n) is 6.88. The number of unbranched alkanes of at least 4 members (excludes halogenated alkanes) is 1. The largest absolute Gasteiger partial charge is 0.497 e. The second-order valence-corrected chi connectivity index (χ2v) is 6.04. The summed E-state index contributed by atoms with van der Waals surface area (Å²) in [5.41, 5.74) is 2.17. The number of thioether (sulfide) groups is 1. The van der Waals surface area contributed by atoms with Gasteiger partial charge in [0.1, 0.15) is 11.6 Å². The van der Waals surface area contributed by atoms with Gasteiger partial charge in [-0.2, -0.15) is 11.8 Å². The lowest BCUT2D eigenvalue weighted by atomic mass is 10.2. The molecule has 0 saturated heterocycles. The first-order valence-corrected chi connectivity index (χ1v) is 8.81. The van der Waals surface area contributed by atoms with E-state index in [2.05, 4.69) is 16.9 Å². The minimum absolute atomic E-state index is 0.602. The number of hydrogen-bond acceptors (Lipinski definition) is 3. The Hall–Kier alpha value is -0.870. The van der Waals surface area contributed by atoms with Crippen LogP contribution in [-0.4, -0.2) is 34.5 Å². The summed E-state index contributed by atoms with van der Waals surface area (Å²) in [6.45, 7) is 0.996. The van der Waals surface area contributed by atoms with Gasteiger partial charge in [-0.25, -0.2) is 4.98 Å². The number of ether oxygens (including phenoxy) is 1. The summed E-state index contributed by atoms with van der Waals surface area (Å²) in [5, 5.41) is 0. The van der Waals surface area contributed by atoms with Gasteiger partial charge < -0.3 is 9.30 Å². The molecule has 1 aromatic carbocycles. The molecular formula is C15H21ClN2OS. The number of benzene rings is 1. The lowest BCUT2D eigenvalue weighted by Crippen LogP contribution is -2.05. The highest BCUT2D eigenvalue weighted by Crippen LogP contribution is 2.23. The number of nitrogens with zero attached hydrogens (tertiary/aromatic N) is 2. The molecule has 0 aliphatic carbocycles. The zero-order valence-electron chi connectivity index (χ0n) is 12.1. The molecule has 1 heterocycles. The van der Waals surface area contributed by atoms with E-state index in [0.717, 1.165) is 35.6 Å². The molecule has 0 fully saturated rings. The number of imidazole rings is 1. The Morgan fingerprint density at radius 2 is 2.20 bits per heavy atom. The summed E-state index contributed by atoms with van der Waals surface area (Å²) in [6.07, 6.45) is 5.35. The number of methoxy groups -OCH3 is 1. The van der Waals surface area contributed by atoms with Crippen LogP contribution >= 0.6 is 23.4 Å². The van der Waals surface area contributed by atoms with Gasteiger partial charge in [0.2, 0.25) is 0 Å². The van der Waals surface area contributed by atoms with Crippen molar-refractivity contribution in [2.24, 2.45) is 0 Å². The summed E-state index contributed by atoms with van der Waals surface area (Å²) in [6, 6.07) is 6.04. The molecule has 110 valence electrons. The molecule has 0 aliphatic heterocycles. The molecule has 2 rings (SSSR count). The molecule has 0 aliphatic rings. The van der Waals surface area contributed by atoms with Crippen LogP contribution in [0.3, 0.4) is 0 Å². The molecule has 0 bridgehead atoms. The normalized spacial score (nSPS) is 11.2. The first-order chi connectivity index (χ1) is 9.80. The molecule has 5 heteroatoms. The van der Waals surface area contributed by atoms with Crippen LogP contribution in [-0.2, 0) is 13.0 Å². The molecule has 0 amide bonds. The van der Waals surface area contributed by atoms with E-state index in [0.29, 0.717) is 5.88 Å². The third kappa shape index (κ3) is 3.61. The number of rotatable bonds is 8. The third-order valence-electron chi connectivity index (χ3n) is 3.33. The summed E-state index contributed by atoms with van der Waals surface area (Å²) < 4.78 is 7.61. The average molecular weight is 313 g/mol. The van der Waals surface area contributed by atoms with E-state index in [1.807, 2.05) is 23.9 Å². The van der Waals surface area contributed by atoms with E-state index >= 15 is 0 Å². The lowest BCUT2D eigenvalue weighted by Gasteiger charge is -2.09. The molecule has 20 heavy (non-hydrogen) atoms. The lowest BCUT2D eigenvalue weighted by molar-refractivity contribution is 0.415. The highest BCUT2D eigenvalue weighted by Gasteiger charge is 2.11. The predicted octanol–water partition coefficient (Wildman–Crippen LogP) is 3.97. The van der Waals surface area contributed by atoms with Crippen molar-refractivity contribution in [1.29, 1.82) is 0 Å². The maximum absolute atomic E-state index is 5.90. The minimum Gasteiger partial charge on any atom is -0.497 e. The molecule has 0 radical (unpaired) electrons. The highest BCUT2D eigenvalue weighted by molar-refractivity contribution is 7.98. The van der Waals surface area contributed by atoms with E-state index in [-0.39, 0.29) is 0 Å². The van der Waals surface area contributed by atoms with Gasteiger partial charge in [0.15, 0.2) is 0 Å². The molecule has 0 N–H and O–H groups in total. The van der Waals surface area contributed by atoms with Crippen molar-refractivity contribution in [3.8, 4) is 5.75 Å². The van der Waals surface area contributed by atoms with E-state index < -0.39 is 0 Å². The number of halogens is 1. The van der Waals surface area contributed by atoms with Crippen molar-refractivity contribution in [2.45, 2.75) is 25.8 Å². The minimum atomic E-state index is 0.602. The van der Waals surface area contributed by atoms with Crippen molar-refractivity contribution in [3.05, 3.63) is 24.0 Å². The van der Waals surface area contributed by atoms with Gasteiger partial charge in [0, 0.05) is 24.9 Å². The van der Waals surface area contributed by atoms with Crippen molar-refractivity contribution < 1.29 is 4.74 Å². The quantitative estimate of drug-likeness (QED) is 0.545. The number of aryl methyl sites for hydroxylation is 2. The number of alkyl halides is 1. The van der Waals surface area contributed by atoms with Crippen LogP contribution in [0.15, 0.2) is 18.2 Å². The fourth-order valence-electron chi connectivity index (χ4n) is 2.32. The van der Waals surface area contributed by atoms with Gasteiger partial charge in [0.05, 0.1) is 18.1 Å². The van der Waals surface area contributed by atoms with Crippen LogP contribution < -0.4 is 4.74 Å². The highest BCUT2D eigenvalue weighted by atomic mass is 35.5. The Morgan fingerprint density at radius 3 is 2.90 bits per heavy atom. The van der Waals surface area contributed by atoms with Gasteiger partial charge in [0.25, 0.3) is 0 Å². The van der Waals surface area contributed by atoms with Crippen LogP contribution in [0.2, 0.25) is 0 Å². The molecule has 0 atom stereocenters. The van der Waals surface area contributed by atoms with Crippen LogP contribution in [0.1, 0.15) is 18.7 Å². The number of fused-ring (bicyclic) bond motifs is 1. The van der Waals surface area contributed by atoms with E-state index in [1.165, 1.54) is 18.6 Å². The molecule has 1 aromatic heterocycles. The van der Waals surface area contributed by atoms with E-state index in [4.69, 9.17) is 21.3 Å². The van der Waals surface area contributed by atoms with Crippen LogP contribution in [0.4, 0.5) is 0 Å². The first kappa shape index (κ1) is 15.5. The Labute approximate surface area is 129 Å². The molecular weight excluding hydrogens is 292 g/mol.